The molecule has 0 saturated heterocycles. The molecule has 1 amide bonds. The Morgan fingerprint density at radius 1 is 1.33 bits per heavy atom. The van der Waals surface area contributed by atoms with Crippen LogP contribution in [-0.4, -0.2) is 31.8 Å². The van der Waals surface area contributed by atoms with Crippen LogP contribution in [0.2, 0.25) is 0 Å². The fraction of sp³-hybridized carbons (Fsp3) is 0.312. The molecule has 2 aromatic heterocycles. The van der Waals surface area contributed by atoms with Crippen LogP contribution in [0.15, 0.2) is 35.6 Å². The minimum atomic E-state index is -0.472. The summed E-state index contributed by atoms with van der Waals surface area (Å²) in [6.45, 7) is 3.81. The molecule has 124 valence electrons. The first-order chi connectivity index (χ1) is 11.5. The molecule has 0 spiro atoms. The van der Waals surface area contributed by atoms with Gasteiger partial charge in [-0.3, -0.25) is 9.78 Å². The van der Waals surface area contributed by atoms with E-state index in [0.717, 1.165) is 23.6 Å². The largest absolute Gasteiger partial charge is 0.379 e. The van der Waals surface area contributed by atoms with Crippen LogP contribution < -0.4 is 11.1 Å². The van der Waals surface area contributed by atoms with Gasteiger partial charge in [-0.05, 0) is 32.4 Å². The third kappa shape index (κ3) is 3.53. The van der Waals surface area contributed by atoms with Crippen LogP contribution in [0.25, 0.3) is 0 Å². The molecule has 3 N–H and O–H groups in total. The summed E-state index contributed by atoms with van der Waals surface area (Å²) in [7, 11) is 0. The summed E-state index contributed by atoms with van der Waals surface area (Å²) in [5.74, 6) is 0.996. The number of nitrogens with two attached hydrogens (primary N) is 1. The van der Waals surface area contributed by atoms with E-state index < -0.39 is 5.54 Å². The molecule has 0 radical (unpaired) electrons. The van der Waals surface area contributed by atoms with E-state index in [1.807, 2.05) is 26.0 Å². The predicted molar refractivity (Wildman–Crippen MR) is 95.0 cm³/mol. The van der Waals surface area contributed by atoms with E-state index in [-0.39, 0.29) is 11.6 Å². The lowest BCUT2D eigenvalue weighted by Crippen LogP contribution is -2.30. The van der Waals surface area contributed by atoms with Crippen molar-refractivity contribution in [2.24, 2.45) is 10.7 Å². The molecule has 1 aliphatic rings. The molecule has 0 bridgehead atoms. The van der Waals surface area contributed by atoms with Crippen LogP contribution in [0, 0.1) is 6.92 Å². The monoisotopic (exact) mass is 342 g/mol. The highest BCUT2D eigenvalue weighted by Gasteiger charge is 2.31. The number of thioether (sulfide) groups is 1. The Bertz CT molecular complexity index is 791. The number of amidine groups is 1. The van der Waals surface area contributed by atoms with Crippen LogP contribution in [-0.2, 0) is 5.54 Å². The number of carbonyl (C=O) groups is 1. The second kappa shape index (κ2) is 6.56. The molecule has 0 fully saturated rings. The molecule has 7 nitrogen and oxygen atoms in total. The number of hydrogen-bond acceptors (Lipinski definition) is 7. The van der Waals surface area contributed by atoms with Gasteiger partial charge in [-0.2, -0.15) is 0 Å². The number of nitrogens with one attached hydrogen (secondary N) is 1. The summed E-state index contributed by atoms with van der Waals surface area (Å²) in [4.78, 5) is 29.4. The van der Waals surface area contributed by atoms with Gasteiger partial charge in [-0.15, -0.1) is 0 Å². The van der Waals surface area contributed by atoms with Crippen molar-refractivity contribution < 1.29 is 4.79 Å². The molecule has 3 heterocycles. The van der Waals surface area contributed by atoms with E-state index in [9.17, 15) is 4.79 Å². The summed E-state index contributed by atoms with van der Waals surface area (Å²) >= 11 is 1.54. The number of carbonyl (C=O) groups excluding carboxylic acids is 1. The third-order valence-electron chi connectivity index (χ3n) is 3.75. The Balaban J connectivity index is 1.82. The van der Waals surface area contributed by atoms with E-state index in [0.29, 0.717) is 11.0 Å². The second-order valence-corrected chi connectivity index (χ2v) is 6.84. The summed E-state index contributed by atoms with van der Waals surface area (Å²) in [6.07, 6.45) is 3.84. The highest BCUT2D eigenvalue weighted by Crippen LogP contribution is 2.34. The van der Waals surface area contributed by atoms with Gasteiger partial charge in [0.1, 0.15) is 17.1 Å². The van der Waals surface area contributed by atoms with E-state index in [2.05, 4.69) is 25.3 Å². The molecular formula is C16H18N6OS. The lowest BCUT2D eigenvalue weighted by Gasteiger charge is -2.28. The van der Waals surface area contributed by atoms with Crippen LogP contribution in [0.5, 0.6) is 0 Å². The maximum absolute atomic E-state index is 12.2. The van der Waals surface area contributed by atoms with Crippen LogP contribution >= 0.6 is 11.8 Å². The van der Waals surface area contributed by atoms with Crippen LogP contribution in [0.3, 0.4) is 0 Å². The van der Waals surface area contributed by atoms with Crippen molar-refractivity contribution in [1.82, 2.24) is 15.0 Å². The minimum Gasteiger partial charge on any atom is -0.379 e. The van der Waals surface area contributed by atoms with Crippen molar-refractivity contribution in [2.45, 2.75) is 25.8 Å². The molecule has 1 atom stereocenters. The number of pyridine rings is 1. The van der Waals surface area contributed by atoms with Crippen LogP contribution in [0.1, 0.15) is 35.2 Å². The number of hydrogen-bond donors (Lipinski definition) is 2. The van der Waals surface area contributed by atoms with Crippen molar-refractivity contribution in [3.63, 3.8) is 0 Å². The highest BCUT2D eigenvalue weighted by molar-refractivity contribution is 8.13. The van der Waals surface area contributed by atoms with E-state index in [4.69, 9.17) is 5.73 Å². The zero-order valence-corrected chi connectivity index (χ0v) is 14.3. The molecule has 1 aliphatic heterocycles. The molecule has 0 aliphatic carbocycles. The zero-order chi connectivity index (χ0) is 17.2. The zero-order valence-electron chi connectivity index (χ0n) is 13.5. The Labute approximate surface area is 144 Å². The maximum Gasteiger partial charge on any atom is 0.277 e. The lowest BCUT2D eigenvalue weighted by atomic mass is 9.94. The average Bonchev–Trinajstić information content (AvgIpc) is 2.55. The number of nitrogens with zero attached hydrogens (tertiary/aromatic N) is 4. The standard InChI is InChI=1S/C16H18N6OS/c1-10-8-19-11(9-18-10)14(23)21-13-5-3-4-12(20-13)16(2)6-7-24-15(17)22-16/h3-5,8-9H,6-7H2,1-2H3,(H2,17,22)(H,20,21,23)/t16-/m0/s1. The highest BCUT2D eigenvalue weighted by atomic mass is 32.2. The van der Waals surface area contributed by atoms with Gasteiger partial charge in [0.2, 0.25) is 0 Å². The minimum absolute atomic E-state index is 0.246. The molecule has 24 heavy (non-hydrogen) atoms. The van der Waals surface area contributed by atoms with Crippen molar-refractivity contribution in [1.29, 1.82) is 0 Å². The third-order valence-corrected chi connectivity index (χ3v) is 4.55. The normalized spacial score (nSPS) is 20.3. The summed E-state index contributed by atoms with van der Waals surface area (Å²) in [5.41, 5.74) is 7.16. The summed E-state index contributed by atoms with van der Waals surface area (Å²) < 4.78 is 0. The Morgan fingerprint density at radius 3 is 2.88 bits per heavy atom. The van der Waals surface area contributed by atoms with Gasteiger partial charge < -0.3 is 11.1 Å². The summed E-state index contributed by atoms with van der Waals surface area (Å²) in [5, 5.41) is 3.31. The molecule has 8 heteroatoms. The molecular weight excluding hydrogens is 324 g/mol. The molecule has 0 saturated carbocycles. The lowest BCUT2D eigenvalue weighted by molar-refractivity contribution is 0.102. The van der Waals surface area contributed by atoms with Gasteiger partial charge >= 0.3 is 0 Å². The van der Waals surface area contributed by atoms with E-state index in [1.54, 1.807) is 24.0 Å². The van der Waals surface area contributed by atoms with E-state index in [1.165, 1.54) is 6.20 Å². The van der Waals surface area contributed by atoms with Gasteiger partial charge in [0.15, 0.2) is 5.17 Å². The predicted octanol–water partition coefficient (Wildman–Crippen LogP) is 2.10. The van der Waals surface area contributed by atoms with Crippen molar-refractivity contribution in [3.8, 4) is 0 Å². The number of aliphatic imine (C=N–C) groups is 1. The first-order valence-electron chi connectivity index (χ1n) is 7.52. The van der Waals surface area contributed by atoms with Gasteiger partial charge in [0, 0.05) is 11.9 Å². The average molecular weight is 342 g/mol. The Hall–Kier alpha value is -2.48. The molecule has 3 rings (SSSR count). The first-order valence-corrected chi connectivity index (χ1v) is 8.50. The van der Waals surface area contributed by atoms with Gasteiger partial charge in [0.05, 0.1) is 17.6 Å². The van der Waals surface area contributed by atoms with Crippen molar-refractivity contribution in [3.05, 3.63) is 47.7 Å². The topological polar surface area (TPSA) is 106 Å². The fourth-order valence-corrected chi connectivity index (χ4v) is 3.34. The Morgan fingerprint density at radius 2 is 2.17 bits per heavy atom. The van der Waals surface area contributed by atoms with Crippen molar-refractivity contribution in [2.75, 3.05) is 11.1 Å². The Kier molecular flexibility index (Phi) is 4.48. The summed E-state index contributed by atoms with van der Waals surface area (Å²) in [6, 6.07) is 5.47. The fourth-order valence-electron chi connectivity index (χ4n) is 2.37. The van der Waals surface area contributed by atoms with Crippen LogP contribution in [0.4, 0.5) is 5.82 Å². The van der Waals surface area contributed by atoms with E-state index >= 15 is 0 Å². The molecule has 0 aromatic carbocycles. The van der Waals surface area contributed by atoms with Gasteiger partial charge in [0.25, 0.3) is 5.91 Å². The van der Waals surface area contributed by atoms with Gasteiger partial charge in [-0.25, -0.2) is 15.0 Å². The SMILES string of the molecule is Cc1cnc(C(=O)Nc2cccc([C@]3(C)CCSC(N)=N3)n2)cn1. The number of aryl methyl sites for hydroxylation is 1. The smallest absolute Gasteiger partial charge is 0.277 e. The number of anilines is 1. The maximum atomic E-state index is 12.2. The number of aromatic nitrogens is 3. The van der Waals surface area contributed by atoms with Crippen molar-refractivity contribution >= 4 is 28.7 Å². The van der Waals surface area contributed by atoms with Gasteiger partial charge in [-0.1, -0.05) is 17.8 Å². The first kappa shape index (κ1) is 16.4. The molecule has 2 aromatic rings. The molecule has 0 unspecified atom stereocenters. The number of rotatable bonds is 3. The quantitative estimate of drug-likeness (QED) is 0.885. The second-order valence-electron chi connectivity index (χ2n) is 5.73. The number of amides is 1.